The van der Waals surface area contributed by atoms with E-state index in [-0.39, 0.29) is 30.9 Å². The van der Waals surface area contributed by atoms with Gasteiger partial charge in [-0.1, -0.05) is 36.2 Å². The van der Waals surface area contributed by atoms with Crippen molar-refractivity contribution in [2.24, 2.45) is 0 Å². The van der Waals surface area contributed by atoms with Gasteiger partial charge in [-0.2, -0.15) is 0 Å². The average Bonchev–Trinajstić information content (AvgIpc) is 2.49. The van der Waals surface area contributed by atoms with Gasteiger partial charge < -0.3 is 10.2 Å². The van der Waals surface area contributed by atoms with Crippen LogP contribution in [0.3, 0.4) is 0 Å². The second-order valence-electron chi connectivity index (χ2n) is 6.02. The summed E-state index contributed by atoms with van der Waals surface area (Å²) in [4.78, 5) is 27.6. The number of nitrogens with one attached hydrogen (secondary N) is 1. The number of benzene rings is 1. The molecule has 0 aliphatic heterocycles. The molecule has 0 radical (unpaired) electrons. The van der Waals surface area contributed by atoms with Gasteiger partial charge in [-0.3, -0.25) is 14.5 Å². The van der Waals surface area contributed by atoms with Gasteiger partial charge in [0, 0.05) is 19.6 Å². The van der Waals surface area contributed by atoms with Crippen molar-refractivity contribution in [3.8, 4) is 0 Å². The van der Waals surface area contributed by atoms with E-state index in [1.807, 2.05) is 31.7 Å². The van der Waals surface area contributed by atoms with Gasteiger partial charge in [0.1, 0.15) is 0 Å². The van der Waals surface area contributed by atoms with Crippen LogP contribution in [0.25, 0.3) is 0 Å². The minimum Gasteiger partial charge on any atom is -0.353 e. The van der Waals surface area contributed by atoms with E-state index in [0.717, 1.165) is 5.56 Å². The van der Waals surface area contributed by atoms with E-state index in [1.54, 1.807) is 24.1 Å². The van der Waals surface area contributed by atoms with Gasteiger partial charge in [0.25, 0.3) is 0 Å². The van der Waals surface area contributed by atoms with E-state index in [9.17, 15) is 9.59 Å². The lowest BCUT2D eigenvalue weighted by Gasteiger charge is -2.24. The van der Waals surface area contributed by atoms with Gasteiger partial charge in [-0.05, 0) is 38.1 Å². The summed E-state index contributed by atoms with van der Waals surface area (Å²) in [5.74, 6) is -0.132. The molecular weight excluding hydrogens is 349 g/mol. The van der Waals surface area contributed by atoms with Crippen molar-refractivity contribution < 1.29 is 9.59 Å². The van der Waals surface area contributed by atoms with Gasteiger partial charge in [0.15, 0.2) is 0 Å². The number of halogens is 2. The smallest absolute Gasteiger partial charge is 0.236 e. The van der Waals surface area contributed by atoms with Crippen LogP contribution in [0.2, 0.25) is 10.0 Å². The summed E-state index contributed by atoms with van der Waals surface area (Å²) in [5.41, 5.74) is 0.904. The quantitative estimate of drug-likeness (QED) is 0.761. The number of carbonyl (C=O) groups is 2. The Labute approximate surface area is 153 Å². The Balaban J connectivity index is 2.57. The molecule has 0 atom stereocenters. The molecule has 0 bridgehead atoms. The first kappa shape index (κ1) is 20.7. The van der Waals surface area contributed by atoms with E-state index in [1.165, 1.54) is 0 Å². The number of rotatable bonds is 8. The maximum Gasteiger partial charge on any atom is 0.236 e. The first-order valence-electron chi connectivity index (χ1n) is 7.92. The molecule has 0 heterocycles. The highest BCUT2D eigenvalue weighted by Gasteiger charge is 2.16. The third-order valence-corrected chi connectivity index (χ3v) is 4.19. The topological polar surface area (TPSA) is 52.7 Å². The van der Waals surface area contributed by atoms with Crippen LogP contribution in [0, 0.1) is 0 Å². The van der Waals surface area contributed by atoms with Crippen molar-refractivity contribution in [3.05, 3.63) is 33.8 Å². The van der Waals surface area contributed by atoms with E-state index in [2.05, 4.69) is 5.32 Å². The molecule has 0 spiro atoms. The molecule has 0 aliphatic rings. The molecule has 2 amide bonds. The van der Waals surface area contributed by atoms with Crippen LogP contribution in [-0.2, 0) is 16.1 Å². The van der Waals surface area contributed by atoms with E-state index in [0.29, 0.717) is 23.1 Å². The summed E-state index contributed by atoms with van der Waals surface area (Å²) >= 11 is 11.9. The fourth-order valence-electron chi connectivity index (χ4n) is 2.16. The lowest BCUT2D eigenvalue weighted by atomic mass is 10.2. The van der Waals surface area contributed by atoms with Crippen LogP contribution in [0.15, 0.2) is 18.2 Å². The SMILES string of the molecule is CCN(CC(=O)NC(C)C)CC(=O)N(C)Cc1ccc(Cl)c(Cl)c1. The van der Waals surface area contributed by atoms with Crippen molar-refractivity contribution in [1.29, 1.82) is 0 Å². The molecule has 1 aromatic carbocycles. The van der Waals surface area contributed by atoms with Crippen LogP contribution >= 0.6 is 23.2 Å². The van der Waals surface area contributed by atoms with Gasteiger partial charge in [-0.25, -0.2) is 0 Å². The van der Waals surface area contributed by atoms with Crippen LogP contribution in [0.5, 0.6) is 0 Å². The van der Waals surface area contributed by atoms with Crippen molar-refractivity contribution in [2.75, 3.05) is 26.7 Å². The molecule has 0 aliphatic carbocycles. The number of nitrogens with zero attached hydrogens (tertiary/aromatic N) is 2. The molecule has 0 aromatic heterocycles. The minimum atomic E-state index is -0.0770. The first-order chi connectivity index (χ1) is 11.2. The minimum absolute atomic E-state index is 0.0553. The second kappa shape index (κ2) is 9.87. The molecule has 7 heteroatoms. The summed E-state index contributed by atoms with van der Waals surface area (Å²) in [6.45, 7) is 7.20. The highest BCUT2D eigenvalue weighted by Crippen LogP contribution is 2.23. The lowest BCUT2D eigenvalue weighted by molar-refractivity contribution is -0.132. The highest BCUT2D eigenvalue weighted by atomic mass is 35.5. The first-order valence-corrected chi connectivity index (χ1v) is 8.68. The third kappa shape index (κ3) is 7.07. The lowest BCUT2D eigenvalue weighted by Crippen LogP contribution is -2.44. The largest absolute Gasteiger partial charge is 0.353 e. The summed E-state index contributed by atoms with van der Waals surface area (Å²) in [5, 5.41) is 3.79. The number of likely N-dealkylation sites (N-methyl/N-ethyl adjacent to an activating group) is 2. The predicted molar refractivity (Wildman–Crippen MR) is 98.3 cm³/mol. The Morgan fingerprint density at radius 3 is 2.38 bits per heavy atom. The third-order valence-electron chi connectivity index (χ3n) is 3.45. The van der Waals surface area contributed by atoms with Crippen molar-refractivity contribution in [3.63, 3.8) is 0 Å². The van der Waals surface area contributed by atoms with Gasteiger partial charge >= 0.3 is 0 Å². The number of hydrogen-bond acceptors (Lipinski definition) is 3. The summed E-state index contributed by atoms with van der Waals surface area (Å²) in [7, 11) is 1.73. The standard InChI is InChI=1S/C17H25Cl2N3O2/c1-5-22(10-16(23)20-12(2)3)11-17(24)21(4)9-13-6-7-14(18)15(19)8-13/h6-8,12H,5,9-11H2,1-4H3,(H,20,23). The Bertz CT molecular complexity index is 579. The molecule has 24 heavy (non-hydrogen) atoms. The normalized spacial score (nSPS) is 11.0. The number of hydrogen-bond donors (Lipinski definition) is 1. The summed E-state index contributed by atoms with van der Waals surface area (Å²) in [6, 6.07) is 5.39. The van der Waals surface area contributed by atoms with Crippen molar-refractivity contribution in [2.45, 2.75) is 33.4 Å². The maximum atomic E-state index is 12.4. The molecule has 0 saturated carbocycles. The second-order valence-corrected chi connectivity index (χ2v) is 6.84. The highest BCUT2D eigenvalue weighted by molar-refractivity contribution is 6.42. The van der Waals surface area contributed by atoms with E-state index < -0.39 is 0 Å². The van der Waals surface area contributed by atoms with Crippen LogP contribution in [0.1, 0.15) is 26.3 Å². The van der Waals surface area contributed by atoms with E-state index >= 15 is 0 Å². The molecule has 1 aromatic rings. The molecule has 5 nitrogen and oxygen atoms in total. The Kier molecular flexibility index (Phi) is 8.53. The zero-order chi connectivity index (χ0) is 18.3. The predicted octanol–water partition coefficient (Wildman–Crippen LogP) is 2.80. The zero-order valence-corrected chi connectivity index (χ0v) is 16.1. The monoisotopic (exact) mass is 373 g/mol. The Morgan fingerprint density at radius 1 is 1.17 bits per heavy atom. The van der Waals surface area contributed by atoms with Gasteiger partial charge in [0.05, 0.1) is 23.1 Å². The van der Waals surface area contributed by atoms with Crippen molar-refractivity contribution >= 4 is 35.0 Å². The van der Waals surface area contributed by atoms with Gasteiger partial charge in [0.2, 0.25) is 11.8 Å². The molecule has 0 saturated heterocycles. The molecule has 134 valence electrons. The summed E-state index contributed by atoms with van der Waals surface area (Å²) < 4.78 is 0. The molecule has 1 N–H and O–H groups in total. The zero-order valence-electron chi connectivity index (χ0n) is 14.6. The van der Waals surface area contributed by atoms with Crippen LogP contribution in [0.4, 0.5) is 0 Å². The molecule has 0 fully saturated rings. The maximum absolute atomic E-state index is 12.4. The Hall–Kier alpha value is -1.30. The van der Waals surface area contributed by atoms with Crippen LogP contribution in [-0.4, -0.2) is 54.3 Å². The average molecular weight is 374 g/mol. The molecule has 1 rings (SSSR count). The fourth-order valence-corrected chi connectivity index (χ4v) is 2.48. The van der Waals surface area contributed by atoms with Crippen molar-refractivity contribution in [1.82, 2.24) is 15.1 Å². The summed E-state index contributed by atoms with van der Waals surface area (Å²) in [6.07, 6.45) is 0. The Morgan fingerprint density at radius 2 is 1.83 bits per heavy atom. The number of amides is 2. The number of carbonyl (C=O) groups excluding carboxylic acids is 2. The van der Waals surface area contributed by atoms with E-state index in [4.69, 9.17) is 23.2 Å². The fraction of sp³-hybridized carbons (Fsp3) is 0.529. The molecular formula is C17H25Cl2N3O2. The van der Waals surface area contributed by atoms with Crippen LogP contribution < -0.4 is 5.32 Å². The molecule has 0 unspecified atom stereocenters. The van der Waals surface area contributed by atoms with Gasteiger partial charge in [-0.15, -0.1) is 0 Å².